The summed E-state index contributed by atoms with van der Waals surface area (Å²) in [7, 11) is 0. The second-order valence-electron chi connectivity index (χ2n) is 6.36. The van der Waals surface area contributed by atoms with Crippen molar-refractivity contribution in [1.29, 1.82) is 0 Å². The second-order valence-corrected chi connectivity index (χ2v) is 7.50. The summed E-state index contributed by atoms with van der Waals surface area (Å²) in [5.41, 5.74) is 2.40. The highest BCUT2D eigenvalue weighted by Gasteiger charge is 2.22. The summed E-state index contributed by atoms with van der Waals surface area (Å²) in [6.07, 6.45) is 2.41. The van der Waals surface area contributed by atoms with Crippen LogP contribution >= 0.6 is 11.8 Å². The van der Waals surface area contributed by atoms with Crippen LogP contribution < -0.4 is 10.5 Å². The normalized spacial score (nSPS) is 14.1. The van der Waals surface area contributed by atoms with Gasteiger partial charge in [0.25, 0.3) is 5.56 Å². The summed E-state index contributed by atoms with van der Waals surface area (Å²) in [4.78, 5) is 33.0. The second kappa shape index (κ2) is 6.96. The van der Waals surface area contributed by atoms with Crippen molar-refractivity contribution in [2.75, 3.05) is 17.2 Å². The fourth-order valence-corrected chi connectivity index (χ4v) is 4.26. The number of rotatable bonds is 2. The average molecular weight is 365 g/mol. The Kier molecular flexibility index (Phi) is 4.51. The van der Waals surface area contributed by atoms with E-state index in [1.165, 1.54) is 10.9 Å². The van der Waals surface area contributed by atoms with Gasteiger partial charge in [0, 0.05) is 11.4 Å². The van der Waals surface area contributed by atoms with Gasteiger partial charge in [0.2, 0.25) is 5.91 Å². The molecule has 26 heavy (non-hydrogen) atoms. The molecule has 1 aliphatic heterocycles. The van der Waals surface area contributed by atoms with E-state index in [9.17, 15) is 9.59 Å². The van der Waals surface area contributed by atoms with E-state index in [1.54, 1.807) is 22.7 Å². The molecule has 0 unspecified atom stereocenters. The van der Waals surface area contributed by atoms with Crippen LogP contribution in [0.2, 0.25) is 0 Å². The maximum Gasteiger partial charge on any atom is 0.261 e. The van der Waals surface area contributed by atoms with Gasteiger partial charge in [-0.15, -0.1) is 11.8 Å². The fraction of sp³-hybridized carbons (Fsp3) is 0.250. The molecule has 2 aromatic carbocycles. The van der Waals surface area contributed by atoms with E-state index < -0.39 is 0 Å². The minimum atomic E-state index is -0.176. The molecular weight excluding hydrogens is 346 g/mol. The lowest BCUT2D eigenvalue weighted by Gasteiger charge is -2.23. The van der Waals surface area contributed by atoms with E-state index in [-0.39, 0.29) is 18.0 Å². The van der Waals surface area contributed by atoms with Crippen LogP contribution in [-0.2, 0) is 11.3 Å². The molecule has 132 valence electrons. The van der Waals surface area contributed by atoms with Crippen LogP contribution in [0.3, 0.4) is 0 Å². The summed E-state index contributed by atoms with van der Waals surface area (Å²) in [6, 6.07) is 13.5. The molecule has 0 radical (unpaired) electrons. The van der Waals surface area contributed by atoms with Gasteiger partial charge in [0.15, 0.2) is 0 Å². The smallest absolute Gasteiger partial charge is 0.261 e. The number of para-hydroxylation sites is 2. The number of aromatic nitrogens is 2. The minimum absolute atomic E-state index is 0.00524. The van der Waals surface area contributed by atoms with Crippen LogP contribution in [0, 0.1) is 6.92 Å². The van der Waals surface area contributed by atoms with Crippen molar-refractivity contribution >= 4 is 34.3 Å². The lowest BCUT2D eigenvalue weighted by atomic mass is 10.1. The number of aryl methyl sites for hydroxylation is 1. The Morgan fingerprint density at radius 2 is 2.04 bits per heavy atom. The molecule has 0 atom stereocenters. The van der Waals surface area contributed by atoms with E-state index in [4.69, 9.17) is 0 Å². The van der Waals surface area contributed by atoms with Gasteiger partial charge in [-0.1, -0.05) is 24.3 Å². The molecule has 0 saturated heterocycles. The third kappa shape index (κ3) is 3.01. The van der Waals surface area contributed by atoms with Crippen LogP contribution in [0.4, 0.5) is 5.69 Å². The number of amides is 1. The molecule has 3 aromatic rings. The minimum Gasteiger partial charge on any atom is -0.310 e. The summed E-state index contributed by atoms with van der Waals surface area (Å²) in [5, 5.41) is 0.548. The van der Waals surface area contributed by atoms with E-state index >= 15 is 0 Å². The topological polar surface area (TPSA) is 55.2 Å². The first-order chi connectivity index (χ1) is 12.6. The van der Waals surface area contributed by atoms with Crippen LogP contribution in [0.25, 0.3) is 10.9 Å². The third-order valence-electron chi connectivity index (χ3n) is 4.60. The van der Waals surface area contributed by atoms with Gasteiger partial charge in [0.05, 0.1) is 22.9 Å². The predicted octanol–water partition coefficient (Wildman–Crippen LogP) is 3.23. The van der Waals surface area contributed by atoms with Crippen molar-refractivity contribution in [2.24, 2.45) is 0 Å². The lowest BCUT2D eigenvalue weighted by Crippen LogP contribution is -2.37. The average Bonchev–Trinajstić information content (AvgIpc) is 2.87. The molecule has 1 aromatic heterocycles. The summed E-state index contributed by atoms with van der Waals surface area (Å²) in [6.45, 7) is 2.59. The SMILES string of the molecule is Cc1cccc2c(=O)n(CC(=O)N3CCCSc4ccccc43)cnc12. The summed E-state index contributed by atoms with van der Waals surface area (Å²) in [5.74, 6) is 0.897. The zero-order chi connectivity index (χ0) is 18.1. The Morgan fingerprint density at radius 3 is 2.92 bits per heavy atom. The number of thioether (sulfide) groups is 1. The molecule has 0 N–H and O–H groups in total. The number of nitrogens with zero attached hydrogens (tertiary/aromatic N) is 3. The zero-order valence-electron chi connectivity index (χ0n) is 14.5. The standard InChI is InChI=1S/C20H19N3O2S/c1-14-6-4-7-15-19(14)21-13-22(20(15)25)12-18(24)23-10-5-11-26-17-9-3-2-8-16(17)23/h2-4,6-9,13H,5,10-12H2,1H3. The van der Waals surface area contributed by atoms with Gasteiger partial charge in [-0.2, -0.15) is 0 Å². The molecular formula is C20H19N3O2S. The Bertz CT molecular complexity index is 1040. The molecule has 0 bridgehead atoms. The predicted molar refractivity (Wildman–Crippen MR) is 105 cm³/mol. The quantitative estimate of drug-likeness (QED) is 0.700. The largest absolute Gasteiger partial charge is 0.310 e. The first-order valence-corrected chi connectivity index (χ1v) is 9.60. The van der Waals surface area contributed by atoms with Crippen LogP contribution in [-0.4, -0.2) is 27.8 Å². The Balaban J connectivity index is 1.68. The number of carbonyl (C=O) groups is 1. The van der Waals surface area contributed by atoms with Gasteiger partial charge >= 0.3 is 0 Å². The lowest BCUT2D eigenvalue weighted by molar-refractivity contribution is -0.119. The first-order valence-electron chi connectivity index (χ1n) is 8.62. The first kappa shape index (κ1) is 16.8. The van der Waals surface area contributed by atoms with Gasteiger partial charge in [-0.3, -0.25) is 14.2 Å². The number of hydrogen-bond acceptors (Lipinski definition) is 4. The number of carbonyl (C=O) groups excluding carboxylic acids is 1. The summed E-state index contributed by atoms with van der Waals surface area (Å²) >= 11 is 1.77. The monoisotopic (exact) mass is 365 g/mol. The van der Waals surface area contributed by atoms with Crippen molar-refractivity contribution in [1.82, 2.24) is 9.55 Å². The van der Waals surface area contributed by atoms with Crippen molar-refractivity contribution in [3.63, 3.8) is 0 Å². The number of hydrogen-bond donors (Lipinski definition) is 0. The Morgan fingerprint density at radius 1 is 1.19 bits per heavy atom. The van der Waals surface area contributed by atoms with Crippen molar-refractivity contribution in [3.8, 4) is 0 Å². The van der Waals surface area contributed by atoms with Crippen LogP contribution in [0.1, 0.15) is 12.0 Å². The number of benzene rings is 2. The third-order valence-corrected chi connectivity index (χ3v) is 5.75. The number of anilines is 1. The molecule has 5 nitrogen and oxygen atoms in total. The molecule has 6 heteroatoms. The van der Waals surface area contributed by atoms with Crippen molar-refractivity contribution in [2.45, 2.75) is 24.8 Å². The van der Waals surface area contributed by atoms with Crippen LogP contribution in [0.15, 0.2) is 58.5 Å². The molecule has 1 aliphatic rings. The Hall–Kier alpha value is -2.60. The zero-order valence-corrected chi connectivity index (χ0v) is 15.3. The molecule has 0 spiro atoms. The van der Waals surface area contributed by atoms with Crippen molar-refractivity contribution < 1.29 is 4.79 Å². The number of fused-ring (bicyclic) bond motifs is 2. The van der Waals surface area contributed by atoms with E-state index in [2.05, 4.69) is 4.98 Å². The fourth-order valence-electron chi connectivity index (χ4n) is 3.27. The molecule has 2 heterocycles. The highest BCUT2D eigenvalue weighted by Crippen LogP contribution is 2.33. The highest BCUT2D eigenvalue weighted by atomic mass is 32.2. The van der Waals surface area contributed by atoms with E-state index in [0.717, 1.165) is 28.3 Å². The van der Waals surface area contributed by atoms with E-state index in [0.29, 0.717) is 17.4 Å². The van der Waals surface area contributed by atoms with Gasteiger partial charge in [0.1, 0.15) is 6.54 Å². The maximum absolute atomic E-state index is 13.0. The van der Waals surface area contributed by atoms with Gasteiger partial charge in [-0.25, -0.2) is 4.98 Å². The molecule has 0 saturated carbocycles. The Labute approximate surface area is 155 Å². The maximum atomic E-state index is 13.0. The molecule has 1 amide bonds. The highest BCUT2D eigenvalue weighted by molar-refractivity contribution is 7.99. The van der Waals surface area contributed by atoms with Crippen molar-refractivity contribution in [3.05, 3.63) is 64.7 Å². The molecule has 0 fully saturated rings. The molecule has 0 aliphatic carbocycles. The van der Waals surface area contributed by atoms with Gasteiger partial charge in [-0.05, 0) is 42.9 Å². The summed E-state index contributed by atoms with van der Waals surface area (Å²) < 4.78 is 1.41. The van der Waals surface area contributed by atoms with E-state index in [1.807, 2.05) is 43.3 Å². The van der Waals surface area contributed by atoms with Gasteiger partial charge < -0.3 is 4.90 Å². The van der Waals surface area contributed by atoms with Crippen LogP contribution in [0.5, 0.6) is 0 Å². The molecule has 4 rings (SSSR count).